The molecule has 1 heterocycles. The number of amides is 2. The van der Waals surface area contributed by atoms with Gasteiger partial charge in [-0.15, -0.1) is 11.3 Å². The number of nitrogens with zero attached hydrogens (tertiary/aromatic N) is 2. The summed E-state index contributed by atoms with van der Waals surface area (Å²) in [4.78, 5) is 39.1. The van der Waals surface area contributed by atoms with E-state index in [0.29, 0.717) is 4.90 Å². The van der Waals surface area contributed by atoms with E-state index in [0.717, 1.165) is 11.3 Å². The lowest BCUT2D eigenvalue weighted by Crippen LogP contribution is -2.37. The molecule has 0 fully saturated rings. The summed E-state index contributed by atoms with van der Waals surface area (Å²) in [6, 6.07) is 0. The van der Waals surface area contributed by atoms with Gasteiger partial charge in [-0.25, -0.2) is 19.5 Å². The van der Waals surface area contributed by atoms with Crippen molar-refractivity contribution in [2.24, 2.45) is 0 Å². The molecule has 0 saturated carbocycles. The van der Waals surface area contributed by atoms with Gasteiger partial charge in [0, 0.05) is 5.38 Å². The molecule has 0 aliphatic carbocycles. The van der Waals surface area contributed by atoms with Crippen molar-refractivity contribution < 1.29 is 29.0 Å². The Labute approximate surface area is 186 Å². The first-order chi connectivity index (χ1) is 12.3. The second kappa shape index (κ2) is 10.2. The Bertz CT molecular complexity index is 691. The maximum absolute atomic E-state index is 12.0. The fourth-order valence-corrected chi connectivity index (χ4v) is 2.33. The number of hydrogen-bond donors (Lipinski definition) is 2. The Hall–Kier alpha value is -0.620. The summed E-state index contributed by atoms with van der Waals surface area (Å²) >= 11 is 33.6. The molecule has 2 amide bonds. The predicted molar refractivity (Wildman–Crippen MR) is 104 cm³/mol. The highest BCUT2D eigenvalue weighted by atomic mass is 35.6. The molecule has 0 saturated heterocycles. The van der Waals surface area contributed by atoms with Gasteiger partial charge in [0.2, 0.25) is 7.59 Å². The van der Waals surface area contributed by atoms with E-state index in [9.17, 15) is 14.4 Å². The summed E-state index contributed by atoms with van der Waals surface area (Å²) in [5.74, 6) is -1.49. The Morgan fingerprint density at radius 1 is 1.11 bits per heavy atom. The van der Waals surface area contributed by atoms with Gasteiger partial charge in [0.15, 0.2) is 10.9 Å². The minimum atomic E-state index is -1.88. The summed E-state index contributed by atoms with van der Waals surface area (Å²) in [5.41, 5.74) is 0. The number of anilines is 2. The van der Waals surface area contributed by atoms with Crippen LogP contribution in [0.2, 0.25) is 0 Å². The smallest absolute Gasteiger partial charge is 0.416 e. The van der Waals surface area contributed by atoms with Crippen LogP contribution in [0.5, 0.6) is 0 Å². The van der Waals surface area contributed by atoms with Crippen molar-refractivity contribution in [1.29, 1.82) is 0 Å². The van der Waals surface area contributed by atoms with Gasteiger partial charge >= 0.3 is 18.2 Å². The summed E-state index contributed by atoms with van der Waals surface area (Å²) in [6.45, 7) is -1.93. The first kappa shape index (κ1) is 24.4. The Balaban J connectivity index is 2.79. The number of nitrogens with one attached hydrogen (secondary N) is 1. The van der Waals surface area contributed by atoms with E-state index < -0.39 is 45.5 Å². The number of hydrogen-bond acceptors (Lipinski definition) is 7. The maximum atomic E-state index is 12.0. The fraction of sp³-hybridized carbons (Fsp3) is 0.455. The third-order valence-corrected chi connectivity index (χ3v) is 3.62. The first-order valence-electron chi connectivity index (χ1n) is 6.46. The number of carboxylic acids is 1. The Morgan fingerprint density at radius 2 is 1.67 bits per heavy atom. The van der Waals surface area contributed by atoms with Crippen molar-refractivity contribution in [2.75, 3.05) is 30.0 Å². The van der Waals surface area contributed by atoms with Gasteiger partial charge in [-0.3, -0.25) is 10.1 Å². The zero-order valence-corrected chi connectivity index (χ0v) is 18.1. The zero-order chi connectivity index (χ0) is 20.8. The van der Waals surface area contributed by atoms with Gasteiger partial charge in [-0.1, -0.05) is 69.6 Å². The first-order valence-corrected chi connectivity index (χ1v) is 9.60. The molecule has 0 radical (unpaired) electrons. The van der Waals surface area contributed by atoms with Crippen LogP contribution in [-0.2, 0) is 14.3 Å². The highest BCUT2D eigenvalue weighted by molar-refractivity contribution is 7.14. The number of aromatic nitrogens is 1. The second-order valence-electron chi connectivity index (χ2n) is 4.48. The quantitative estimate of drug-likeness (QED) is 0.528. The number of thiazole rings is 1. The molecule has 0 aromatic carbocycles. The van der Waals surface area contributed by atoms with Gasteiger partial charge < -0.3 is 14.6 Å². The lowest BCUT2D eigenvalue weighted by Gasteiger charge is -2.19. The van der Waals surface area contributed by atoms with Crippen molar-refractivity contribution >= 4 is 110 Å². The topological polar surface area (TPSA) is 118 Å². The third-order valence-electron chi connectivity index (χ3n) is 2.22. The van der Waals surface area contributed by atoms with Crippen molar-refractivity contribution in [3.8, 4) is 0 Å². The Morgan fingerprint density at radius 3 is 2.19 bits per heavy atom. The average molecular weight is 524 g/mol. The molecule has 9 nitrogen and oxygen atoms in total. The largest absolute Gasteiger partial charge is 0.480 e. The number of rotatable bonds is 6. The van der Waals surface area contributed by atoms with Crippen molar-refractivity contribution in [3.05, 3.63) is 5.38 Å². The zero-order valence-electron chi connectivity index (χ0n) is 12.8. The summed E-state index contributed by atoms with van der Waals surface area (Å²) < 4.78 is 5.69. The molecular weight excluding hydrogens is 515 g/mol. The maximum Gasteiger partial charge on any atom is 0.416 e. The molecule has 0 atom stereocenters. The normalized spacial score (nSPS) is 11.6. The molecule has 1 aromatic heterocycles. The third kappa shape index (κ3) is 10.5. The van der Waals surface area contributed by atoms with Gasteiger partial charge in [0.1, 0.15) is 19.8 Å². The lowest BCUT2D eigenvalue weighted by molar-refractivity contribution is -0.135. The molecule has 0 unspecified atom stereocenters. The summed E-state index contributed by atoms with van der Waals surface area (Å²) in [5, 5.41) is 12.4. The molecule has 27 heavy (non-hydrogen) atoms. The van der Waals surface area contributed by atoms with E-state index in [1.54, 1.807) is 0 Å². The van der Waals surface area contributed by atoms with Crippen LogP contribution in [0.4, 0.5) is 20.5 Å². The van der Waals surface area contributed by atoms with Crippen LogP contribution in [0.3, 0.4) is 0 Å². The summed E-state index contributed by atoms with van der Waals surface area (Å²) in [7, 11) is 0. The summed E-state index contributed by atoms with van der Waals surface area (Å²) in [6.07, 6.45) is -2.11. The standard InChI is InChI=1S/C11H9Cl6N3O6S/c12-10(13,14)3-25-8(23)19-7-18-5(2-27-7)20(1-6(21)22)9(24)26-4-11(15,16)17/h2H,1,3-4H2,(H,21,22)(H,18,19,23). The molecule has 1 rings (SSSR count). The van der Waals surface area contributed by atoms with E-state index in [1.807, 2.05) is 0 Å². The number of alkyl halides is 6. The second-order valence-corrected chi connectivity index (χ2v) is 10.4. The molecule has 0 aliphatic rings. The molecule has 2 N–H and O–H groups in total. The monoisotopic (exact) mass is 521 g/mol. The lowest BCUT2D eigenvalue weighted by atomic mass is 10.5. The minimum absolute atomic E-state index is 0.0242. The van der Waals surface area contributed by atoms with E-state index in [1.165, 1.54) is 5.38 Å². The number of aliphatic carboxylic acids is 1. The van der Waals surface area contributed by atoms with Crippen LogP contribution in [0.1, 0.15) is 0 Å². The van der Waals surface area contributed by atoms with Crippen LogP contribution in [0.25, 0.3) is 0 Å². The minimum Gasteiger partial charge on any atom is -0.480 e. The van der Waals surface area contributed by atoms with Gasteiger partial charge in [-0.05, 0) is 0 Å². The molecular formula is C11H9Cl6N3O6S. The number of ether oxygens (including phenoxy) is 2. The van der Waals surface area contributed by atoms with Crippen LogP contribution >= 0.6 is 80.9 Å². The van der Waals surface area contributed by atoms with E-state index in [-0.39, 0.29) is 10.9 Å². The van der Waals surface area contributed by atoms with E-state index in [4.69, 9.17) is 79.4 Å². The van der Waals surface area contributed by atoms with Gasteiger partial charge in [-0.2, -0.15) is 0 Å². The number of carbonyl (C=O) groups is 3. The highest BCUT2D eigenvalue weighted by Crippen LogP contribution is 2.28. The van der Waals surface area contributed by atoms with E-state index >= 15 is 0 Å². The predicted octanol–water partition coefficient (Wildman–Crippen LogP) is 4.46. The highest BCUT2D eigenvalue weighted by Gasteiger charge is 2.28. The van der Waals surface area contributed by atoms with Gasteiger partial charge in [0.05, 0.1) is 0 Å². The number of carbonyl (C=O) groups excluding carboxylic acids is 2. The van der Waals surface area contributed by atoms with Crippen molar-refractivity contribution in [1.82, 2.24) is 4.98 Å². The van der Waals surface area contributed by atoms with Crippen LogP contribution in [0.15, 0.2) is 5.38 Å². The van der Waals surface area contributed by atoms with E-state index in [2.05, 4.69) is 15.0 Å². The molecule has 0 spiro atoms. The molecule has 0 bridgehead atoms. The van der Waals surface area contributed by atoms with Gasteiger partial charge in [0.25, 0.3) is 0 Å². The molecule has 152 valence electrons. The van der Waals surface area contributed by atoms with Crippen LogP contribution in [0, 0.1) is 0 Å². The molecule has 1 aromatic rings. The van der Waals surface area contributed by atoms with Crippen LogP contribution < -0.4 is 10.2 Å². The molecule has 0 aliphatic heterocycles. The molecule has 16 heteroatoms. The SMILES string of the molecule is O=C(O)CN(C(=O)OCC(Cl)(Cl)Cl)c1csc(NC(=O)OCC(Cl)(Cl)Cl)n1. The number of halogens is 6. The average Bonchev–Trinajstić information content (AvgIpc) is 2.95. The van der Waals surface area contributed by atoms with Crippen molar-refractivity contribution in [3.63, 3.8) is 0 Å². The Kier molecular flexibility index (Phi) is 9.26. The van der Waals surface area contributed by atoms with Crippen LogP contribution in [-0.4, -0.2) is 55.6 Å². The van der Waals surface area contributed by atoms with Crippen molar-refractivity contribution in [2.45, 2.75) is 7.59 Å². The number of carboxylic acid groups (broad SMARTS) is 1. The fourth-order valence-electron chi connectivity index (χ4n) is 1.31.